The molecule has 0 aliphatic carbocycles. The minimum atomic E-state index is -0.477. The Morgan fingerprint density at radius 3 is 2.11 bits per heavy atom. The van der Waals surface area contributed by atoms with E-state index in [4.69, 9.17) is 0 Å². The molecule has 1 saturated heterocycles. The van der Waals surface area contributed by atoms with Crippen LogP contribution in [-0.2, 0) is 7.05 Å². The first-order chi connectivity index (χ1) is 17.9. The molecule has 0 unspecified atom stereocenters. The molecule has 1 fully saturated rings. The zero-order valence-corrected chi connectivity index (χ0v) is 20.5. The number of halogens is 1. The number of aryl methyl sites for hydroxylation is 1. The summed E-state index contributed by atoms with van der Waals surface area (Å²) < 4.78 is 16.2. The summed E-state index contributed by atoms with van der Waals surface area (Å²) in [6, 6.07) is 20.3. The molecule has 0 bridgehead atoms. The Labute approximate surface area is 214 Å². The maximum Gasteiger partial charge on any atom is 0.258 e. The number of carbonyl (C=O) groups is 1. The second-order valence-corrected chi connectivity index (χ2v) is 9.14. The SMILES string of the molecule is Cn1cc(C(=O)Nc2ccc(Nc3ccc(Nc4ccc(N5CCC(O)CC5)cc4)cc3)c(F)c2)cn1. The molecule has 8 nitrogen and oxygen atoms in total. The third kappa shape index (κ3) is 6.07. The molecule has 37 heavy (non-hydrogen) atoms. The summed E-state index contributed by atoms with van der Waals surface area (Å²) in [6.45, 7) is 1.73. The number of piperidine rings is 1. The van der Waals surface area contributed by atoms with E-state index in [1.165, 1.54) is 16.9 Å². The number of carbonyl (C=O) groups excluding carboxylic acids is 1. The van der Waals surface area contributed by atoms with E-state index in [2.05, 4.69) is 38.1 Å². The predicted octanol–water partition coefficient (Wildman–Crippen LogP) is 5.26. The van der Waals surface area contributed by atoms with Crippen LogP contribution in [0.1, 0.15) is 23.2 Å². The van der Waals surface area contributed by atoms with Crippen LogP contribution in [0.5, 0.6) is 0 Å². The molecule has 5 rings (SSSR count). The van der Waals surface area contributed by atoms with E-state index in [-0.39, 0.29) is 12.0 Å². The minimum absolute atomic E-state index is 0.184. The molecule has 9 heteroatoms. The number of amides is 1. The van der Waals surface area contributed by atoms with Crippen molar-refractivity contribution in [3.8, 4) is 0 Å². The fraction of sp³-hybridized carbons (Fsp3) is 0.214. The third-order valence-electron chi connectivity index (χ3n) is 6.34. The van der Waals surface area contributed by atoms with Crippen LogP contribution >= 0.6 is 0 Å². The Balaban J connectivity index is 1.17. The zero-order chi connectivity index (χ0) is 25.8. The van der Waals surface area contributed by atoms with E-state index >= 15 is 0 Å². The van der Waals surface area contributed by atoms with E-state index in [0.29, 0.717) is 16.9 Å². The van der Waals surface area contributed by atoms with Crippen LogP contribution in [0.4, 0.5) is 38.5 Å². The maximum absolute atomic E-state index is 14.7. The van der Waals surface area contributed by atoms with Crippen molar-refractivity contribution in [3.63, 3.8) is 0 Å². The Morgan fingerprint density at radius 1 is 0.919 bits per heavy atom. The van der Waals surface area contributed by atoms with Gasteiger partial charge in [-0.15, -0.1) is 0 Å². The van der Waals surface area contributed by atoms with Crippen LogP contribution in [0, 0.1) is 5.82 Å². The maximum atomic E-state index is 14.7. The summed E-state index contributed by atoms with van der Waals surface area (Å²) in [5, 5.41) is 22.8. The van der Waals surface area contributed by atoms with E-state index < -0.39 is 5.82 Å². The van der Waals surface area contributed by atoms with Gasteiger partial charge >= 0.3 is 0 Å². The summed E-state index contributed by atoms with van der Waals surface area (Å²) in [4.78, 5) is 14.5. The van der Waals surface area contributed by atoms with E-state index in [1.54, 1.807) is 25.4 Å². The van der Waals surface area contributed by atoms with Gasteiger partial charge in [-0.2, -0.15) is 5.10 Å². The highest BCUT2D eigenvalue weighted by Crippen LogP contribution is 2.27. The minimum Gasteiger partial charge on any atom is -0.393 e. The molecule has 190 valence electrons. The summed E-state index contributed by atoms with van der Waals surface area (Å²) in [5.41, 5.74) is 4.84. The van der Waals surface area contributed by atoms with Crippen molar-refractivity contribution in [3.05, 3.63) is 90.5 Å². The van der Waals surface area contributed by atoms with Crippen LogP contribution in [-0.4, -0.2) is 40.0 Å². The van der Waals surface area contributed by atoms with Gasteiger partial charge in [0.1, 0.15) is 5.82 Å². The lowest BCUT2D eigenvalue weighted by Gasteiger charge is -2.31. The van der Waals surface area contributed by atoms with Gasteiger partial charge in [0.05, 0.1) is 23.6 Å². The number of anilines is 6. The standard InChI is InChI=1S/C28H29FN6O2/c1-34-18-19(17-30-34)28(37)33-23-8-11-27(26(29)16-23)32-22-4-2-20(3-5-22)31-21-6-9-24(10-7-21)35-14-12-25(36)13-15-35/h2-11,16-18,25,31-32,36H,12-15H2,1H3,(H,33,37). The quantitative estimate of drug-likeness (QED) is 0.277. The monoisotopic (exact) mass is 500 g/mol. The van der Waals surface area contributed by atoms with Crippen molar-refractivity contribution < 1.29 is 14.3 Å². The van der Waals surface area contributed by atoms with Gasteiger partial charge in [-0.3, -0.25) is 9.48 Å². The fourth-order valence-electron chi connectivity index (χ4n) is 4.27. The van der Waals surface area contributed by atoms with Crippen LogP contribution in [0.3, 0.4) is 0 Å². The predicted molar refractivity (Wildman–Crippen MR) is 144 cm³/mol. The van der Waals surface area contributed by atoms with Gasteiger partial charge in [0, 0.05) is 54.8 Å². The van der Waals surface area contributed by atoms with Gasteiger partial charge in [0.25, 0.3) is 5.91 Å². The van der Waals surface area contributed by atoms with Crippen molar-refractivity contribution in [2.75, 3.05) is 33.9 Å². The number of aromatic nitrogens is 2. The zero-order valence-electron chi connectivity index (χ0n) is 20.5. The molecule has 3 aromatic carbocycles. The van der Waals surface area contributed by atoms with E-state index in [0.717, 1.165) is 48.7 Å². The second-order valence-electron chi connectivity index (χ2n) is 9.14. The van der Waals surface area contributed by atoms with Crippen molar-refractivity contribution in [1.82, 2.24) is 9.78 Å². The molecular formula is C28H29FN6O2. The van der Waals surface area contributed by atoms with Crippen molar-refractivity contribution >= 4 is 40.0 Å². The molecule has 4 N–H and O–H groups in total. The lowest BCUT2D eigenvalue weighted by Crippen LogP contribution is -2.35. The molecule has 1 aromatic heterocycles. The van der Waals surface area contributed by atoms with Gasteiger partial charge in [-0.05, 0) is 79.6 Å². The van der Waals surface area contributed by atoms with Gasteiger partial charge in [0.2, 0.25) is 0 Å². The first-order valence-corrected chi connectivity index (χ1v) is 12.2. The van der Waals surface area contributed by atoms with E-state index in [9.17, 15) is 14.3 Å². The van der Waals surface area contributed by atoms with Gasteiger partial charge in [-0.1, -0.05) is 0 Å². The highest BCUT2D eigenvalue weighted by Gasteiger charge is 2.17. The molecule has 0 spiro atoms. The van der Waals surface area contributed by atoms with Crippen molar-refractivity contribution in [2.24, 2.45) is 7.05 Å². The average Bonchev–Trinajstić information content (AvgIpc) is 3.34. The number of nitrogens with zero attached hydrogens (tertiary/aromatic N) is 3. The fourth-order valence-corrected chi connectivity index (χ4v) is 4.27. The molecule has 0 radical (unpaired) electrons. The number of aliphatic hydroxyl groups excluding tert-OH is 1. The molecular weight excluding hydrogens is 471 g/mol. The number of benzene rings is 3. The summed E-state index contributed by atoms with van der Waals surface area (Å²) in [7, 11) is 1.72. The summed E-state index contributed by atoms with van der Waals surface area (Å²) >= 11 is 0. The second kappa shape index (κ2) is 10.7. The molecule has 2 heterocycles. The average molecular weight is 501 g/mol. The molecule has 0 saturated carbocycles. The Hall–Kier alpha value is -4.37. The normalized spacial score (nSPS) is 13.9. The topological polar surface area (TPSA) is 94.5 Å². The Bertz CT molecular complexity index is 1360. The number of nitrogens with one attached hydrogen (secondary N) is 3. The van der Waals surface area contributed by atoms with E-state index in [1.807, 2.05) is 36.4 Å². The first kappa shape index (κ1) is 24.3. The molecule has 1 aliphatic rings. The number of aliphatic hydroxyl groups is 1. The van der Waals surface area contributed by atoms with Crippen LogP contribution < -0.4 is 20.9 Å². The third-order valence-corrected chi connectivity index (χ3v) is 6.34. The summed E-state index contributed by atoms with van der Waals surface area (Å²) in [6.07, 6.45) is 4.47. The summed E-state index contributed by atoms with van der Waals surface area (Å²) in [5.74, 6) is -0.827. The Morgan fingerprint density at radius 2 is 1.51 bits per heavy atom. The van der Waals surface area contributed by atoms with Crippen LogP contribution in [0.15, 0.2) is 79.1 Å². The molecule has 0 atom stereocenters. The lowest BCUT2D eigenvalue weighted by atomic mass is 10.1. The van der Waals surface area contributed by atoms with Gasteiger partial charge in [0.15, 0.2) is 0 Å². The van der Waals surface area contributed by atoms with Gasteiger partial charge in [-0.25, -0.2) is 4.39 Å². The van der Waals surface area contributed by atoms with Crippen molar-refractivity contribution in [2.45, 2.75) is 18.9 Å². The highest BCUT2D eigenvalue weighted by atomic mass is 19.1. The highest BCUT2D eigenvalue weighted by molar-refractivity contribution is 6.04. The van der Waals surface area contributed by atoms with Gasteiger partial charge < -0.3 is 26.0 Å². The largest absolute Gasteiger partial charge is 0.393 e. The van der Waals surface area contributed by atoms with Crippen molar-refractivity contribution in [1.29, 1.82) is 0 Å². The smallest absolute Gasteiger partial charge is 0.258 e. The number of hydrogen-bond acceptors (Lipinski definition) is 6. The molecule has 1 aliphatic heterocycles. The lowest BCUT2D eigenvalue weighted by molar-refractivity contribution is 0.102. The number of hydrogen-bond donors (Lipinski definition) is 4. The first-order valence-electron chi connectivity index (χ1n) is 12.2. The Kier molecular flexibility index (Phi) is 7.04. The molecule has 4 aromatic rings. The number of rotatable bonds is 7. The molecule has 1 amide bonds. The van der Waals surface area contributed by atoms with Crippen LogP contribution in [0.2, 0.25) is 0 Å². The van der Waals surface area contributed by atoms with Crippen LogP contribution in [0.25, 0.3) is 0 Å².